The van der Waals surface area contributed by atoms with Crippen LogP contribution in [-0.4, -0.2) is 26.8 Å². The maximum atomic E-state index is 12.8. The maximum absolute atomic E-state index is 12.8. The molecule has 0 aliphatic carbocycles. The number of aryl methyl sites for hydroxylation is 1. The normalized spacial score (nSPS) is 10.8. The Bertz CT molecular complexity index is 865. The lowest BCUT2D eigenvalue weighted by atomic mass is 9.93. The van der Waals surface area contributed by atoms with Crippen LogP contribution >= 0.6 is 0 Å². The molecule has 0 spiro atoms. The van der Waals surface area contributed by atoms with Gasteiger partial charge in [-0.25, -0.2) is 9.78 Å². The van der Waals surface area contributed by atoms with E-state index in [0.29, 0.717) is 18.5 Å². The summed E-state index contributed by atoms with van der Waals surface area (Å²) in [7, 11) is 0. The summed E-state index contributed by atoms with van der Waals surface area (Å²) in [5.41, 5.74) is 2.69. The molecule has 144 valence electrons. The van der Waals surface area contributed by atoms with Gasteiger partial charge in [0.1, 0.15) is 6.33 Å². The molecule has 0 saturated heterocycles. The zero-order chi connectivity index (χ0) is 19.8. The summed E-state index contributed by atoms with van der Waals surface area (Å²) in [6, 6.07) is 19.7. The molecule has 28 heavy (non-hydrogen) atoms. The molecule has 6 nitrogen and oxygen atoms in total. The lowest BCUT2D eigenvalue weighted by Crippen LogP contribution is -2.29. The van der Waals surface area contributed by atoms with Gasteiger partial charge in [0.25, 0.3) is 0 Å². The SMILES string of the molecule is O=C(O)CCc1cn(OC(=O)C(Cc2ccccc2)Cc2ccccc2)cn1. The van der Waals surface area contributed by atoms with Crippen molar-refractivity contribution in [3.8, 4) is 0 Å². The smallest absolute Gasteiger partial charge is 0.336 e. The molecular weight excluding hydrogens is 356 g/mol. The van der Waals surface area contributed by atoms with E-state index in [1.165, 1.54) is 11.1 Å². The van der Waals surface area contributed by atoms with Crippen LogP contribution in [0.1, 0.15) is 23.2 Å². The first-order chi connectivity index (χ1) is 13.6. The number of aromatic nitrogens is 2. The second kappa shape index (κ2) is 9.50. The zero-order valence-electron chi connectivity index (χ0n) is 15.4. The molecule has 1 N–H and O–H groups in total. The van der Waals surface area contributed by atoms with Crippen molar-refractivity contribution < 1.29 is 19.5 Å². The number of hydrogen-bond acceptors (Lipinski definition) is 4. The monoisotopic (exact) mass is 378 g/mol. The number of carboxylic acids is 1. The molecule has 0 unspecified atom stereocenters. The van der Waals surface area contributed by atoms with Crippen molar-refractivity contribution in [1.82, 2.24) is 9.71 Å². The van der Waals surface area contributed by atoms with Crippen molar-refractivity contribution in [3.05, 3.63) is 90.0 Å². The number of imidazole rings is 1. The van der Waals surface area contributed by atoms with Crippen LogP contribution in [-0.2, 0) is 28.9 Å². The number of hydrogen-bond donors (Lipinski definition) is 1. The lowest BCUT2D eigenvalue weighted by Gasteiger charge is -2.16. The van der Waals surface area contributed by atoms with E-state index in [9.17, 15) is 9.59 Å². The second-order valence-electron chi connectivity index (χ2n) is 6.61. The predicted molar refractivity (Wildman–Crippen MR) is 104 cm³/mol. The summed E-state index contributed by atoms with van der Waals surface area (Å²) in [6.45, 7) is 0. The fraction of sp³-hybridized carbons (Fsp3) is 0.227. The van der Waals surface area contributed by atoms with Gasteiger partial charge in [-0.3, -0.25) is 4.79 Å². The average Bonchev–Trinajstić information content (AvgIpc) is 3.15. The van der Waals surface area contributed by atoms with Gasteiger partial charge in [0.2, 0.25) is 0 Å². The van der Waals surface area contributed by atoms with Gasteiger partial charge in [0.15, 0.2) is 0 Å². The number of aliphatic carboxylic acids is 1. The van der Waals surface area contributed by atoms with Gasteiger partial charge >= 0.3 is 11.9 Å². The minimum absolute atomic E-state index is 0.0183. The molecule has 0 saturated carbocycles. The molecule has 3 aromatic rings. The lowest BCUT2D eigenvalue weighted by molar-refractivity contribution is -0.149. The highest BCUT2D eigenvalue weighted by Gasteiger charge is 2.22. The summed E-state index contributed by atoms with van der Waals surface area (Å²) in [5.74, 6) is -1.60. The molecule has 0 amide bonds. The van der Waals surface area contributed by atoms with Crippen molar-refractivity contribution in [1.29, 1.82) is 0 Å². The Morgan fingerprint density at radius 2 is 1.54 bits per heavy atom. The zero-order valence-corrected chi connectivity index (χ0v) is 15.4. The Kier molecular flexibility index (Phi) is 6.57. The van der Waals surface area contributed by atoms with Crippen LogP contribution in [0.3, 0.4) is 0 Å². The first-order valence-electron chi connectivity index (χ1n) is 9.15. The van der Waals surface area contributed by atoms with E-state index >= 15 is 0 Å². The Balaban J connectivity index is 1.69. The highest BCUT2D eigenvalue weighted by molar-refractivity contribution is 5.73. The molecule has 0 fully saturated rings. The number of carboxylic acid groups (broad SMARTS) is 1. The van der Waals surface area contributed by atoms with E-state index in [4.69, 9.17) is 9.94 Å². The minimum atomic E-state index is -0.891. The summed E-state index contributed by atoms with van der Waals surface area (Å²) in [4.78, 5) is 33.1. The Morgan fingerprint density at radius 1 is 0.964 bits per heavy atom. The number of benzene rings is 2. The van der Waals surface area contributed by atoms with Crippen LogP contribution in [0, 0.1) is 5.92 Å². The summed E-state index contributed by atoms with van der Waals surface area (Å²) in [6.07, 6.45) is 4.33. The van der Waals surface area contributed by atoms with Gasteiger partial charge < -0.3 is 9.94 Å². The molecule has 6 heteroatoms. The number of rotatable bonds is 9. The van der Waals surface area contributed by atoms with Crippen LogP contribution in [0.15, 0.2) is 73.2 Å². The largest absolute Gasteiger partial charge is 0.481 e. The highest BCUT2D eigenvalue weighted by atomic mass is 16.7. The third kappa shape index (κ3) is 5.81. The molecule has 0 aliphatic rings. The highest BCUT2D eigenvalue weighted by Crippen LogP contribution is 2.16. The summed E-state index contributed by atoms with van der Waals surface area (Å²) < 4.78 is 1.25. The topological polar surface area (TPSA) is 81.4 Å². The predicted octanol–water partition coefficient (Wildman–Crippen LogP) is 2.96. The second-order valence-corrected chi connectivity index (χ2v) is 6.61. The number of nitrogens with zero attached hydrogens (tertiary/aromatic N) is 2. The van der Waals surface area contributed by atoms with Crippen LogP contribution in [0.2, 0.25) is 0 Å². The standard InChI is InChI=1S/C22H22N2O4/c25-21(26)12-11-20-15-24(16-23-20)28-22(27)19(13-17-7-3-1-4-8-17)14-18-9-5-2-6-10-18/h1-10,15-16,19H,11-14H2,(H,25,26). The van der Waals surface area contributed by atoms with Crippen molar-refractivity contribution in [2.75, 3.05) is 0 Å². The number of carbonyl (C=O) groups excluding carboxylic acids is 1. The summed E-state index contributed by atoms with van der Waals surface area (Å²) in [5, 5.41) is 8.76. The maximum Gasteiger partial charge on any atom is 0.336 e. The molecule has 0 atom stereocenters. The van der Waals surface area contributed by atoms with Crippen LogP contribution in [0.4, 0.5) is 0 Å². The molecule has 1 aromatic heterocycles. The van der Waals surface area contributed by atoms with E-state index < -0.39 is 5.97 Å². The van der Waals surface area contributed by atoms with Crippen molar-refractivity contribution in [2.24, 2.45) is 5.92 Å². The van der Waals surface area contributed by atoms with E-state index in [-0.39, 0.29) is 24.7 Å². The fourth-order valence-corrected chi connectivity index (χ4v) is 2.97. The molecular formula is C22H22N2O4. The first kappa shape index (κ1) is 19.4. The van der Waals surface area contributed by atoms with Crippen LogP contribution < -0.4 is 4.84 Å². The molecule has 1 heterocycles. The van der Waals surface area contributed by atoms with E-state index in [1.807, 2.05) is 60.7 Å². The Labute approximate surface area is 163 Å². The van der Waals surface area contributed by atoms with Crippen molar-refractivity contribution in [3.63, 3.8) is 0 Å². The Hall–Kier alpha value is -3.41. The van der Waals surface area contributed by atoms with Gasteiger partial charge in [-0.15, -0.1) is 0 Å². The van der Waals surface area contributed by atoms with Gasteiger partial charge in [-0.1, -0.05) is 60.7 Å². The third-order valence-electron chi connectivity index (χ3n) is 4.39. The molecule has 0 bridgehead atoms. The average molecular weight is 378 g/mol. The minimum Gasteiger partial charge on any atom is -0.481 e. The van der Waals surface area contributed by atoms with E-state index in [0.717, 1.165) is 11.1 Å². The molecule has 3 rings (SSSR count). The molecule has 0 aliphatic heterocycles. The van der Waals surface area contributed by atoms with E-state index in [1.54, 1.807) is 6.20 Å². The van der Waals surface area contributed by atoms with Gasteiger partial charge in [0.05, 0.1) is 24.2 Å². The third-order valence-corrected chi connectivity index (χ3v) is 4.39. The summed E-state index contributed by atoms with van der Waals surface area (Å²) >= 11 is 0. The van der Waals surface area contributed by atoms with Gasteiger partial charge in [-0.05, 0) is 24.0 Å². The van der Waals surface area contributed by atoms with Crippen LogP contribution in [0.25, 0.3) is 0 Å². The quantitative estimate of drug-likeness (QED) is 0.619. The Morgan fingerprint density at radius 3 is 2.07 bits per heavy atom. The fourth-order valence-electron chi connectivity index (χ4n) is 2.97. The van der Waals surface area contributed by atoms with Gasteiger partial charge in [0, 0.05) is 6.42 Å². The molecule has 2 aromatic carbocycles. The van der Waals surface area contributed by atoms with Crippen LogP contribution in [0.5, 0.6) is 0 Å². The first-order valence-corrected chi connectivity index (χ1v) is 9.15. The van der Waals surface area contributed by atoms with Crippen molar-refractivity contribution in [2.45, 2.75) is 25.7 Å². The van der Waals surface area contributed by atoms with Crippen molar-refractivity contribution >= 4 is 11.9 Å². The van der Waals surface area contributed by atoms with E-state index in [2.05, 4.69) is 4.98 Å². The molecule has 0 radical (unpaired) electrons. The number of carbonyl (C=O) groups is 2. The van der Waals surface area contributed by atoms with Gasteiger partial charge in [-0.2, -0.15) is 4.73 Å².